The number of aromatic nitrogens is 3. The summed E-state index contributed by atoms with van der Waals surface area (Å²) in [7, 11) is 2.92. The summed E-state index contributed by atoms with van der Waals surface area (Å²) in [6.45, 7) is 1.89. The van der Waals surface area contributed by atoms with E-state index in [1.165, 1.54) is 31.0 Å². The predicted octanol–water partition coefficient (Wildman–Crippen LogP) is 1.04. The largest absolute Gasteiger partial charge is 0.459 e. The van der Waals surface area contributed by atoms with Gasteiger partial charge in [0.05, 0.1) is 12.0 Å². The lowest BCUT2D eigenvalue weighted by Crippen LogP contribution is -2.38. The first-order valence-corrected chi connectivity index (χ1v) is 7.38. The van der Waals surface area contributed by atoms with Crippen molar-refractivity contribution in [3.8, 4) is 0 Å². The molecule has 0 aliphatic rings. The Kier molecular flexibility index (Phi) is 3.80. The van der Waals surface area contributed by atoms with Crippen molar-refractivity contribution in [3.05, 3.63) is 56.8 Å². The molecule has 1 amide bonds. The van der Waals surface area contributed by atoms with Crippen molar-refractivity contribution < 1.29 is 9.21 Å². The van der Waals surface area contributed by atoms with Crippen molar-refractivity contribution in [2.75, 3.05) is 5.32 Å². The van der Waals surface area contributed by atoms with Gasteiger partial charge in [-0.1, -0.05) is 6.92 Å². The Morgan fingerprint density at radius 3 is 2.67 bits per heavy atom. The minimum Gasteiger partial charge on any atom is -0.459 e. The van der Waals surface area contributed by atoms with Crippen LogP contribution in [0.25, 0.3) is 11.0 Å². The maximum Gasteiger partial charge on any atom is 0.332 e. The molecule has 24 heavy (non-hydrogen) atoms. The van der Waals surface area contributed by atoms with Crippen molar-refractivity contribution in [2.45, 2.75) is 13.3 Å². The van der Waals surface area contributed by atoms with Crippen LogP contribution in [0.3, 0.4) is 0 Å². The lowest BCUT2D eigenvalue weighted by atomic mass is 10.1. The number of carbonyl (C=O) groups excluding carboxylic acids is 1. The molecule has 8 nitrogen and oxygen atoms in total. The highest BCUT2D eigenvalue weighted by atomic mass is 16.3. The Labute approximate surface area is 136 Å². The number of carbonyl (C=O) groups is 1. The Balaban J connectivity index is 2.31. The summed E-state index contributed by atoms with van der Waals surface area (Å²) in [6.07, 6.45) is 3.50. The molecule has 0 aromatic carbocycles. The van der Waals surface area contributed by atoms with E-state index >= 15 is 0 Å². The van der Waals surface area contributed by atoms with Gasteiger partial charge in [0.25, 0.3) is 11.5 Å². The summed E-state index contributed by atoms with van der Waals surface area (Å²) in [5.74, 6) is -0.346. The molecule has 3 aromatic rings. The minimum atomic E-state index is -0.509. The highest BCUT2D eigenvalue weighted by Crippen LogP contribution is 2.23. The summed E-state index contributed by atoms with van der Waals surface area (Å²) in [6, 6.07) is 3.13. The van der Waals surface area contributed by atoms with E-state index in [0.29, 0.717) is 17.7 Å². The van der Waals surface area contributed by atoms with Crippen molar-refractivity contribution >= 4 is 22.6 Å². The first-order valence-electron chi connectivity index (χ1n) is 7.38. The number of pyridine rings is 1. The Hall–Kier alpha value is -3.16. The second kappa shape index (κ2) is 5.80. The van der Waals surface area contributed by atoms with Crippen LogP contribution in [0, 0.1) is 0 Å². The number of furan rings is 1. The van der Waals surface area contributed by atoms with Crippen LogP contribution in [0.2, 0.25) is 0 Å². The van der Waals surface area contributed by atoms with Crippen molar-refractivity contribution in [1.82, 2.24) is 14.1 Å². The fraction of sp³-hybridized carbons (Fsp3) is 0.250. The summed E-state index contributed by atoms with van der Waals surface area (Å²) >= 11 is 0. The summed E-state index contributed by atoms with van der Waals surface area (Å²) in [5, 5.41) is 2.91. The molecule has 0 aliphatic carbocycles. The van der Waals surface area contributed by atoms with E-state index in [9.17, 15) is 14.4 Å². The van der Waals surface area contributed by atoms with Gasteiger partial charge in [0.2, 0.25) is 0 Å². The molecule has 3 aromatic heterocycles. The zero-order valence-electron chi connectivity index (χ0n) is 13.5. The maximum atomic E-state index is 12.6. The van der Waals surface area contributed by atoms with Crippen LogP contribution in [0.4, 0.5) is 5.69 Å². The van der Waals surface area contributed by atoms with Gasteiger partial charge in [-0.2, -0.15) is 0 Å². The van der Waals surface area contributed by atoms with Crippen LogP contribution in [-0.2, 0) is 20.5 Å². The second-order valence-electron chi connectivity index (χ2n) is 5.35. The van der Waals surface area contributed by atoms with E-state index < -0.39 is 17.2 Å². The molecule has 3 heterocycles. The van der Waals surface area contributed by atoms with E-state index in [1.54, 1.807) is 12.3 Å². The van der Waals surface area contributed by atoms with E-state index in [-0.39, 0.29) is 16.8 Å². The van der Waals surface area contributed by atoms with Gasteiger partial charge in [-0.25, -0.2) is 9.78 Å². The van der Waals surface area contributed by atoms with Gasteiger partial charge in [0, 0.05) is 20.3 Å². The molecule has 0 unspecified atom stereocenters. The van der Waals surface area contributed by atoms with Gasteiger partial charge in [-0.05, 0) is 24.1 Å². The zero-order chi connectivity index (χ0) is 17.4. The fourth-order valence-electron chi connectivity index (χ4n) is 2.56. The standard InChI is InChI=1S/C16H16N4O4/c1-4-9-8-17-13-11(15(22)20(3)16(23)19(13)2)12(9)18-14(21)10-6-5-7-24-10/h5-8H,4H2,1-3H3,(H,17,18,21). The Bertz CT molecular complexity index is 1040. The number of anilines is 1. The average Bonchev–Trinajstić information content (AvgIpc) is 3.12. The number of nitrogens with one attached hydrogen (secondary N) is 1. The van der Waals surface area contributed by atoms with Gasteiger partial charge in [-0.3, -0.25) is 18.7 Å². The highest BCUT2D eigenvalue weighted by molar-refractivity contribution is 6.07. The lowest BCUT2D eigenvalue weighted by Gasteiger charge is -2.14. The molecule has 0 saturated carbocycles. The van der Waals surface area contributed by atoms with Crippen LogP contribution >= 0.6 is 0 Å². The fourth-order valence-corrected chi connectivity index (χ4v) is 2.56. The molecule has 0 spiro atoms. The molecule has 3 rings (SSSR count). The van der Waals surface area contributed by atoms with Gasteiger partial charge in [-0.15, -0.1) is 0 Å². The summed E-state index contributed by atoms with van der Waals surface area (Å²) in [4.78, 5) is 41.2. The van der Waals surface area contributed by atoms with Crippen LogP contribution in [-0.4, -0.2) is 20.0 Å². The quantitative estimate of drug-likeness (QED) is 0.774. The molecule has 1 N–H and O–H groups in total. The molecule has 0 bridgehead atoms. The van der Waals surface area contributed by atoms with Crippen LogP contribution in [0.5, 0.6) is 0 Å². The average molecular weight is 328 g/mol. The molecular weight excluding hydrogens is 312 g/mol. The third-order valence-corrected chi connectivity index (χ3v) is 3.91. The van der Waals surface area contributed by atoms with Crippen molar-refractivity contribution in [3.63, 3.8) is 0 Å². The minimum absolute atomic E-state index is 0.128. The molecule has 0 atom stereocenters. The first-order chi connectivity index (χ1) is 11.5. The van der Waals surface area contributed by atoms with Crippen molar-refractivity contribution in [1.29, 1.82) is 0 Å². The van der Waals surface area contributed by atoms with E-state index in [0.717, 1.165) is 4.57 Å². The molecular formula is C16H16N4O4. The third-order valence-electron chi connectivity index (χ3n) is 3.91. The lowest BCUT2D eigenvalue weighted by molar-refractivity contribution is 0.0996. The molecule has 8 heteroatoms. The topological polar surface area (TPSA) is 99.1 Å². The van der Waals surface area contributed by atoms with Crippen molar-refractivity contribution in [2.24, 2.45) is 14.1 Å². The highest BCUT2D eigenvalue weighted by Gasteiger charge is 2.19. The van der Waals surface area contributed by atoms with Gasteiger partial charge < -0.3 is 9.73 Å². The number of amides is 1. The Morgan fingerprint density at radius 1 is 1.29 bits per heavy atom. The monoisotopic (exact) mass is 328 g/mol. The summed E-state index contributed by atoms with van der Waals surface area (Å²) in [5.41, 5.74) is 0.270. The van der Waals surface area contributed by atoms with Crippen LogP contribution < -0.4 is 16.6 Å². The Morgan fingerprint density at radius 2 is 2.04 bits per heavy atom. The molecule has 0 fully saturated rings. The number of nitrogens with zero attached hydrogens (tertiary/aromatic N) is 3. The zero-order valence-corrected chi connectivity index (χ0v) is 13.5. The normalized spacial score (nSPS) is 11.0. The number of rotatable bonds is 3. The number of fused-ring (bicyclic) bond motifs is 1. The molecule has 0 saturated heterocycles. The number of hydrogen-bond donors (Lipinski definition) is 1. The third kappa shape index (κ3) is 2.32. The van der Waals surface area contributed by atoms with E-state index in [4.69, 9.17) is 4.42 Å². The van der Waals surface area contributed by atoms with Gasteiger partial charge in [0.1, 0.15) is 5.39 Å². The van der Waals surface area contributed by atoms with Gasteiger partial charge in [0.15, 0.2) is 11.4 Å². The van der Waals surface area contributed by atoms with E-state index in [1.807, 2.05) is 6.92 Å². The smallest absolute Gasteiger partial charge is 0.332 e. The van der Waals surface area contributed by atoms with E-state index in [2.05, 4.69) is 10.3 Å². The number of aryl methyl sites for hydroxylation is 2. The maximum absolute atomic E-state index is 12.6. The van der Waals surface area contributed by atoms with Crippen LogP contribution in [0.15, 0.2) is 38.6 Å². The second-order valence-corrected chi connectivity index (χ2v) is 5.35. The van der Waals surface area contributed by atoms with Gasteiger partial charge >= 0.3 is 5.69 Å². The molecule has 0 aliphatic heterocycles. The predicted molar refractivity (Wildman–Crippen MR) is 88.3 cm³/mol. The van der Waals surface area contributed by atoms with Crippen LogP contribution in [0.1, 0.15) is 23.0 Å². The number of hydrogen-bond acceptors (Lipinski definition) is 5. The molecule has 0 radical (unpaired) electrons. The molecule has 124 valence electrons. The summed E-state index contributed by atoms with van der Waals surface area (Å²) < 4.78 is 7.35. The SMILES string of the molecule is CCc1cnc2c(c1NC(=O)c1ccco1)c(=O)n(C)c(=O)n2C. The first kappa shape index (κ1) is 15.7.